The average Bonchev–Trinajstić information content (AvgIpc) is 2.67. The number of rotatable bonds is 2. The highest BCUT2D eigenvalue weighted by molar-refractivity contribution is 6.34. The van der Waals surface area contributed by atoms with Crippen molar-refractivity contribution in [3.05, 3.63) is 22.1 Å². The minimum absolute atomic E-state index is 0.173. The molecular weight excluding hydrogens is 249 g/mol. The number of nitrogens with one attached hydrogen (secondary N) is 1. The SMILES string of the molecule is CC(C)c1c(Cl)nc(-c2cn[nH]n2)nc1Cl. The van der Waals surface area contributed by atoms with Crippen LogP contribution in [0.5, 0.6) is 0 Å². The molecule has 2 aromatic rings. The molecule has 0 radical (unpaired) electrons. The lowest BCUT2D eigenvalue weighted by molar-refractivity contribution is 0.847. The van der Waals surface area contributed by atoms with Crippen LogP contribution in [0.3, 0.4) is 0 Å². The summed E-state index contributed by atoms with van der Waals surface area (Å²) in [5.41, 5.74) is 1.26. The Hall–Kier alpha value is -1.20. The summed E-state index contributed by atoms with van der Waals surface area (Å²) in [7, 11) is 0. The van der Waals surface area contributed by atoms with E-state index in [0.29, 0.717) is 21.8 Å². The Balaban J connectivity index is 2.53. The van der Waals surface area contributed by atoms with E-state index >= 15 is 0 Å². The van der Waals surface area contributed by atoms with E-state index in [9.17, 15) is 0 Å². The summed E-state index contributed by atoms with van der Waals surface area (Å²) in [6.07, 6.45) is 1.51. The zero-order chi connectivity index (χ0) is 11.7. The molecule has 0 saturated heterocycles. The van der Waals surface area contributed by atoms with Crippen LogP contribution in [0.15, 0.2) is 6.20 Å². The molecule has 0 atom stereocenters. The van der Waals surface area contributed by atoms with Gasteiger partial charge in [-0.15, -0.1) is 0 Å². The molecule has 0 fully saturated rings. The molecular formula is C9H9Cl2N5. The van der Waals surface area contributed by atoms with E-state index in [-0.39, 0.29) is 5.92 Å². The largest absolute Gasteiger partial charge is 0.214 e. The Morgan fingerprint density at radius 3 is 2.25 bits per heavy atom. The number of hydrogen-bond acceptors (Lipinski definition) is 4. The normalized spacial score (nSPS) is 11.1. The lowest BCUT2D eigenvalue weighted by Crippen LogP contribution is -1.99. The lowest BCUT2D eigenvalue weighted by Gasteiger charge is -2.09. The van der Waals surface area contributed by atoms with Crippen LogP contribution in [-0.4, -0.2) is 25.4 Å². The van der Waals surface area contributed by atoms with E-state index in [1.165, 1.54) is 6.20 Å². The minimum Gasteiger partial charge on any atom is -0.214 e. The number of halogens is 2. The summed E-state index contributed by atoms with van der Waals surface area (Å²) in [5, 5.41) is 10.7. The minimum atomic E-state index is 0.173. The van der Waals surface area contributed by atoms with Crippen LogP contribution in [0.1, 0.15) is 25.3 Å². The summed E-state index contributed by atoms with van der Waals surface area (Å²) >= 11 is 12.1. The van der Waals surface area contributed by atoms with Gasteiger partial charge in [-0.25, -0.2) is 9.97 Å². The molecule has 0 spiro atoms. The van der Waals surface area contributed by atoms with Gasteiger partial charge in [0.05, 0.1) is 6.20 Å². The van der Waals surface area contributed by atoms with Gasteiger partial charge < -0.3 is 0 Å². The van der Waals surface area contributed by atoms with Crippen molar-refractivity contribution in [1.29, 1.82) is 0 Å². The molecule has 2 heterocycles. The third kappa shape index (κ3) is 2.01. The van der Waals surface area contributed by atoms with Crippen molar-refractivity contribution in [3.63, 3.8) is 0 Å². The Labute approximate surface area is 102 Å². The number of nitrogens with zero attached hydrogens (tertiary/aromatic N) is 4. The summed E-state index contributed by atoms with van der Waals surface area (Å²) in [5.74, 6) is 0.541. The molecule has 2 rings (SSSR count). The van der Waals surface area contributed by atoms with Gasteiger partial charge in [-0.2, -0.15) is 15.4 Å². The molecule has 1 N–H and O–H groups in total. The summed E-state index contributed by atoms with van der Waals surface area (Å²) in [6.45, 7) is 3.96. The maximum Gasteiger partial charge on any atom is 0.184 e. The highest BCUT2D eigenvalue weighted by Crippen LogP contribution is 2.30. The highest BCUT2D eigenvalue weighted by Gasteiger charge is 2.16. The van der Waals surface area contributed by atoms with Gasteiger partial charge in [0.2, 0.25) is 0 Å². The monoisotopic (exact) mass is 257 g/mol. The topological polar surface area (TPSA) is 67.3 Å². The molecule has 2 aromatic heterocycles. The lowest BCUT2D eigenvalue weighted by atomic mass is 10.1. The van der Waals surface area contributed by atoms with Gasteiger partial charge in [0.15, 0.2) is 5.82 Å². The number of aromatic amines is 1. The maximum absolute atomic E-state index is 6.05. The van der Waals surface area contributed by atoms with E-state index < -0.39 is 0 Å². The van der Waals surface area contributed by atoms with Crippen molar-refractivity contribution >= 4 is 23.2 Å². The molecule has 84 valence electrons. The first-order valence-corrected chi connectivity index (χ1v) is 5.44. The van der Waals surface area contributed by atoms with Gasteiger partial charge in [-0.05, 0) is 5.92 Å². The molecule has 0 aliphatic carbocycles. The van der Waals surface area contributed by atoms with Gasteiger partial charge in [0.1, 0.15) is 16.0 Å². The van der Waals surface area contributed by atoms with Gasteiger partial charge >= 0.3 is 0 Å². The fourth-order valence-electron chi connectivity index (χ4n) is 1.32. The van der Waals surface area contributed by atoms with Crippen molar-refractivity contribution in [2.24, 2.45) is 0 Å². The summed E-state index contributed by atoms with van der Waals surface area (Å²) in [4.78, 5) is 8.29. The molecule has 16 heavy (non-hydrogen) atoms. The molecule has 7 heteroatoms. The molecule has 0 amide bonds. The quantitative estimate of drug-likeness (QED) is 0.841. The third-order valence-corrected chi connectivity index (χ3v) is 2.65. The fourth-order valence-corrected chi connectivity index (χ4v) is 2.14. The number of aromatic nitrogens is 5. The van der Waals surface area contributed by atoms with Crippen LogP contribution in [0.25, 0.3) is 11.5 Å². The van der Waals surface area contributed by atoms with Crippen molar-refractivity contribution < 1.29 is 0 Å². The van der Waals surface area contributed by atoms with Crippen LogP contribution >= 0.6 is 23.2 Å². The van der Waals surface area contributed by atoms with Crippen LogP contribution in [0.4, 0.5) is 0 Å². The average molecular weight is 258 g/mol. The molecule has 0 aliphatic heterocycles. The van der Waals surface area contributed by atoms with Crippen molar-refractivity contribution in [3.8, 4) is 11.5 Å². The number of H-pyrrole nitrogens is 1. The summed E-state index contributed by atoms with van der Waals surface area (Å²) < 4.78 is 0. The van der Waals surface area contributed by atoms with Gasteiger partial charge in [-0.1, -0.05) is 37.0 Å². The summed E-state index contributed by atoms with van der Waals surface area (Å²) in [6, 6.07) is 0. The second kappa shape index (κ2) is 4.35. The number of hydrogen-bond donors (Lipinski definition) is 1. The zero-order valence-corrected chi connectivity index (χ0v) is 10.2. The van der Waals surface area contributed by atoms with Gasteiger partial charge in [0, 0.05) is 5.56 Å². The smallest absolute Gasteiger partial charge is 0.184 e. The van der Waals surface area contributed by atoms with E-state index in [0.717, 1.165) is 5.56 Å². The van der Waals surface area contributed by atoms with Gasteiger partial charge in [0.25, 0.3) is 0 Å². The molecule has 0 aliphatic rings. The Morgan fingerprint density at radius 2 is 1.81 bits per heavy atom. The predicted octanol–water partition coefficient (Wildman–Crippen LogP) is 2.69. The van der Waals surface area contributed by atoms with Crippen LogP contribution in [0.2, 0.25) is 10.3 Å². The van der Waals surface area contributed by atoms with Gasteiger partial charge in [-0.3, -0.25) is 0 Å². The van der Waals surface area contributed by atoms with E-state index in [1.807, 2.05) is 13.8 Å². The molecule has 0 saturated carbocycles. The molecule has 0 aromatic carbocycles. The standard InChI is InChI=1S/C9H9Cl2N5/c1-4(2)6-7(10)13-9(14-8(6)11)5-3-12-16-15-5/h3-4H,1-2H3,(H,12,15,16). The molecule has 0 unspecified atom stereocenters. The van der Waals surface area contributed by atoms with Crippen LogP contribution in [0, 0.1) is 0 Å². The molecule has 5 nitrogen and oxygen atoms in total. The fraction of sp³-hybridized carbons (Fsp3) is 0.333. The van der Waals surface area contributed by atoms with E-state index in [1.54, 1.807) is 0 Å². The first-order chi connectivity index (χ1) is 7.59. The van der Waals surface area contributed by atoms with Crippen molar-refractivity contribution in [1.82, 2.24) is 25.4 Å². The molecule has 0 bridgehead atoms. The second-order valence-electron chi connectivity index (χ2n) is 3.55. The first kappa shape index (κ1) is 11.3. The highest BCUT2D eigenvalue weighted by atomic mass is 35.5. The third-order valence-electron chi connectivity index (χ3n) is 2.07. The Bertz CT molecular complexity index is 472. The van der Waals surface area contributed by atoms with Crippen molar-refractivity contribution in [2.45, 2.75) is 19.8 Å². The maximum atomic E-state index is 6.05. The van der Waals surface area contributed by atoms with E-state index in [4.69, 9.17) is 23.2 Å². The predicted molar refractivity (Wildman–Crippen MR) is 61.5 cm³/mol. The Kier molecular flexibility index (Phi) is 3.07. The van der Waals surface area contributed by atoms with Crippen LogP contribution in [-0.2, 0) is 0 Å². The zero-order valence-electron chi connectivity index (χ0n) is 8.70. The second-order valence-corrected chi connectivity index (χ2v) is 4.27. The first-order valence-electron chi connectivity index (χ1n) is 4.68. The Morgan fingerprint density at radius 1 is 1.19 bits per heavy atom. The van der Waals surface area contributed by atoms with Crippen LogP contribution < -0.4 is 0 Å². The van der Waals surface area contributed by atoms with Crippen molar-refractivity contribution in [2.75, 3.05) is 0 Å². The van der Waals surface area contributed by atoms with E-state index in [2.05, 4.69) is 25.4 Å².